The maximum Gasteiger partial charge on any atom is 0.122 e. The smallest absolute Gasteiger partial charge is 0.122 e. The van der Waals surface area contributed by atoms with Crippen LogP contribution in [0.15, 0.2) is 47.1 Å². The minimum atomic E-state index is 0.314. The van der Waals surface area contributed by atoms with Crippen LogP contribution in [0, 0.1) is 0 Å². The molecule has 2 rings (SSSR count). The molecule has 0 aliphatic rings. The Bertz CT molecular complexity index is 537. The van der Waals surface area contributed by atoms with Crippen molar-refractivity contribution < 1.29 is 0 Å². The Kier molecular flexibility index (Phi) is 4.28. The molecule has 0 saturated heterocycles. The van der Waals surface area contributed by atoms with E-state index in [0.717, 1.165) is 16.7 Å². The van der Waals surface area contributed by atoms with Gasteiger partial charge in [0.2, 0.25) is 0 Å². The number of thiocarbonyl (C=S) groups is 1. The Morgan fingerprint density at radius 1 is 1.22 bits per heavy atom. The Morgan fingerprint density at radius 3 is 2.50 bits per heavy atom. The van der Waals surface area contributed by atoms with Crippen molar-refractivity contribution in [3.8, 4) is 0 Å². The number of hydrogen-bond donors (Lipinski definition) is 2. The van der Waals surface area contributed by atoms with Crippen molar-refractivity contribution in [2.75, 3.05) is 5.32 Å². The van der Waals surface area contributed by atoms with Crippen LogP contribution in [0.1, 0.15) is 11.3 Å². The Morgan fingerprint density at radius 2 is 1.94 bits per heavy atom. The van der Waals surface area contributed by atoms with Crippen LogP contribution in [-0.2, 0) is 6.54 Å². The molecule has 18 heavy (non-hydrogen) atoms. The molecule has 0 fully saturated rings. The fourth-order valence-electron chi connectivity index (χ4n) is 1.45. The van der Waals surface area contributed by atoms with Crippen LogP contribution in [0.2, 0.25) is 0 Å². The van der Waals surface area contributed by atoms with Gasteiger partial charge in [0, 0.05) is 11.0 Å². The Balaban J connectivity index is 1.97. The lowest BCUT2D eigenvalue weighted by Crippen LogP contribution is -2.11. The highest BCUT2D eigenvalue weighted by Crippen LogP contribution is 2.12. The summed E-state index contributed by atoms with van der Waals surface area (Å²) in [4.78, 5) is 4.48. The number of nitrogens with two attached hydrogens (primary N) is 1. The quantitative estimate of drug-likeness (QED) is 0.850. The van der Waals surface area contributed by atoms with E-state index in [1.54, 1.807) is 6.20 Å². The molecule has 3 N–H and O–H groups in total. The van der Waals surface area contributed by atoms with Gasteiger partial charge in [0.15, 0.2) is 0 Å². The molecule has 0 unspecified atom stereocenters. The molecule has 0 radical (unpaired) electrons. The number of pyridine rings is 1. The molecular formula is C13H12BrN3S. The van der Waals surface area contributed by atoms with Crippen LogP contribution in [-0.4, -0.2) is 9.97 Å². The summed E-state index contributed by atoms with van der Waals surface area (Å²) in [5.74, 6) is 0. The van der Waals surface area contributed by atoms with Crippen molar-refractivity contribution in [3.63, 3.8) is 0 Å². The van der Waals surface area contributed by atoms with Crippen molar-refractivity contribution in [1.29, 1.82) is 0 Å². The molecule has 1 heterocycles. The van der Waals surface area contributed by atoms with Gasteiger partial charge in [-0.2, -0.15) is 0 Å². The van der Waals surface area contributed by atoms with E-state index in [-0.39, 0.29) is 0 Å². The van der Waals surface area contributed by atoms with Gasteiger partial charge in [-0.05, 0) is 29.8 Å². The third-order valence-corrected chi connectivity index (χ3v) is 3.16. The number of benzene rings is 1. The van der Waals surface area contributed by atoms with E-state index in [0.29, 0.717) is 10.7 Å². The third-order valence-electron chi connectivity index (χ3n) is 2.43. The topological polar surface area (TPSA) is 50.9 Å². The van der Waals surface area contributed by atoms with Crippen molar-refractivity contribution in [2.24, 2.45) is 5.73 Å². The number of nitrogens with one attached hydrogen (secondary N) is 1. The first kappa shape index (κ1) is 13.0. The predicted molar refractivity (Wildman–Crippen MR) is 81.6 cm³/mol. The summed E-state index contributed by atoms with van der Waals surface area (Å²) in [6, 6.07) is 11.9. The van der Waals surface area contributed by atoms with E-state index in [2.05, 4.69) is 38.4 Å². The van der Waals surface area contributed by atoms with E-state index in [1.165, 1.54) is 5.56 Å². The maximum absolute atomic E-state index is 5.49. The zero-order chi connectivity index (χ0) is 13.0. The summed E-state index contributed by atoms with van der Waals surface area (Å²) < 4.78 is 1.08. The average molecular weight is 322 g/mol. The summed E-state index contributed by atoms with van der Waals surface area (Å²) in [7, 11) is 0. The zero-order valence-electron chi connectivity index (χ0n) is 9.56. The number of rotatable bonds is 4. The minimum absolute atomic E-state index is 0.314. The molecular weight excluding hydrogens is 310 g/mol. The monoisotopic (exact) mass is 321 g/mol. The van der Waals surface area contributed by atoms with Gasteiger partial charge in [-0.3, -0.25) is 4.98 Å². The van der Waals surface area contributed by atoms with Crippen molar-refractivity contribution in [3.05, 3.63) is 58.3 Å². The Labute approximate surface area is 120 Å². The van der Waals surface area contributed by atoms with Crippen LogP contribution >= 0.6 is 28.1 Å². The number of nitrogens with zero attached hydrogens (tertiary/aromatic N) is 1. The zero-order valence-corrected chi connectivity index (χ0v) is 12.0. The largest absolute Gasteiger partial charge is 0.388 e. The molecule has 0 aliphatic heterocycles. The lowest BCUT2D eigenvalue weighted by molar-refractivity contribution is 1.13. The van der Waals surface area contributed by atoms with Gasteiger partial charge in [-0.25, -0.2) is 0 Å². The predicted octanol–water partition coefficient (Wildman–Crippen LogP) is 3.09. The van der Waals surface area contributed by atoms with Crippen molar-refractivity contribution >= 4 is 38.8 Å². The lowest BCUT2D eigenvalue weighted by atomic mass is 10.2. The molecule has 0 atom stereocenters. The number of anilines is 1. The van der Waals surface area contributed by atoms with Gasteiger partial charge in [0.1, 0.15) is 4.99 Å². The fourth-order valence-corrected chi connectivity index (χ4v) is 1.84. The highest BCUT2D eigenvalue weighted by atomic mass is 79.9. The summed E-state index contributed by atoms with van der Waals surface area (Å²) in [6.07, 6.45) is 1.73. The average Bonchev–Trinajstić information content (AvgIpc) is 2.38. The van der Waals surface area contributed by atoms with E-state index in [1.807, 2.05) is 24.3 Å². The molecule has 1 aromatic carbocycles. The van der Waals surface area contributed by atoms with Gasteiger partial charge in [0.05, 0.1) is 17.6 Å². The number of halogens is 1. The molecule has 5 heteroatoms. The van der Waals surface area contributed by atoms with Crippen LogP contribution in [0.3, 0.4) is 0 Å². The Hall–Kier alpha value is -1.46. The minimum Gasteiger partial charge on any atom is -0.388 e. The van der Waals surface area contributed by atoms with E-state index < -0.39 is 0 Å². The van der Waals surface area contributed by atoms with Gasteiger partial charge < -0.3 is 11.1 Å². The van der Waals surface area contributed by atoms with Gasteiger partial charge in [-0.15, -0.1) is 0 Å². The maximum atomic E-state index is 5.49. The molecule has 0 spiro atoms. The van der Waals surface area contributed by atoms with Crippen LogP contribution < -0.4 is 11.1 Å². The van der Waals surface area contributed by atoms with Gasteiger partial charge in [0.25, 0.3) is 0 Å². The molecule has 2 aromatic rings. The SMILES string of the molecule is NC(=S)c1ccc(NCc2ccc(Br)cc2)cn1. The molecule has 0 bridgehead atoms. The molecule has 0 amide bonds. The highest BCUT2D eigenvalue weighted by molar-refractivity contribution is 9.10. The number of aromatic nitrogens is 1. The normalized spacial score (nSPS) is 10.1. The molecule has 1 aromatic heterocycles. The van der Waals surface area contributed by atoms with Gasteiger partial charge >= 0.3 is 0 Å². The van der Waals surface area contributed by atoms with E-state index in [9.17, 15) is 0 Å². The lowest BCUT2D eigenvalue weighted by Gasteiger charge is -2.07. The summed E-state index contributed by atoms with van der Waals surface area (Å²) in [5.41, 5.74) is 8.27. The fraction of sp³-hybridized carbons (Fsp3) is 0.0769. The van der Waals surface area contributed by atoms with Crippen molar-refractivity contribution in [2.45, 2.75) is 6.54 Å². The second-order valence-electron chi connectivity index (χ2n) is 3.78. The summed E-state index contributed by atoms with van der Waals surface area (Å²) in [5, 5.41) is 3.28. The molecule has 0 aliphatic carbocycles. The van der Waals surface area contributed by atoms with Crippen molar-refractivity contribution in [1.82, 2.24) is 4.98 Å². The molecule has 0 saturated carbocycles. The first-order valence-corrected chi connectivity index (χ1v) is 6.59. The standard InChI is InChI=1S/C13H12BrN3S/c14-10-3-1-9(2-4-10)7-16-11-5-6-12(13(15)18)17-8-11/h1-6,8,16H,7H2,(H2,15,18). The summed E-state index contributed by atoms with van der Waals surface area (Å²) in [6.45, 7) is 0.751. The van der Waals surface area contributed by atoms with Crippen LogP contribution in [0.4, 0.5) is 5.69 Å². The molecule has 92 valence electrons. The molecule has 3 nitrogen and oxygen atoms in total. The first-order chi connectivity index (χ1) is 8.65. The van der Waals surface area contributed by atoms with Crippen LogP contribution in [0.25, 0.3) is 0 Å². The second kappa shape index (κ2) is 5.93. The van der Waals surface area contributed by atoms with E-state index >= 15 is 0 Å². The van der Waals surface area contributed by atoms with Gasteiger partial charge in [-0.1, -0.05) is 40.3 Å². The second-order valence-corrected chi connectivity index (χ2v) is 5.13. The number of hydrogen-bond acceptors (Lipinski definition) is 3. The van der Waals surface area contributed by atoms with E-state index in [4.69, 9.17) is 18.0 Å². The first-order valence-electron chi connectivity index (χ1n) is 5.39. The summed E-state index contributed by atoms with van der Waals surface area (Å²) >= 11 is 8.26. The third kappa shape index (κ3) is 3.51. The van der Waals surface area contributed by atoms with Crippen LogP contribution in [0.5, 0.6) is 0 Å². The highest BCUT2D eigenvalue weighted by Gasteiger charge is 1.98.